The van der Waals surface area contributed by atoms with E-state index in [1.54, 1.807) is 13.0 Å². The van der Waals surface area contributed by atoms with Crippen LogP contribution in [0, 0.1) is 13.8 Å². The summed E-state index contributed by atoms with van der Waals surface area (Å²) in [4.78, 5) is 25.9. The number of hydrogen-bond donors (Lipinski definition) is 1. The second-order valence-electron chi connectivity index (χ2n) is 7.62. The molecule has 3 rings (SSSR count). The van der Waals surface area contributed by atoms with Gasteiger partial charge in [0.05, 0.1) is 17.9 Å². The van der Waals surface area contributed by atoms with Crippen LogP contribution >= 0.6 is 23.1 Å². The van der Waals surface area contributed by atoms with Crippen LogP contribution in [0.5, 0.6) is 5.75 Å². The predicted octanol–water partition coefficient (Wildman–Crippen LogP) is 5.03. The maximum Gasteiger partial charge on any atom is 0.341 e. The maximum absolute atomic E-state index is 12.6. The van der Waals surface area contributed by atoms with Crippen molar-refractivity contribution in [1.29, 1.82) is 0 Å². The largest absolute Gasteiger partial charge is 0.486 e. The van der Waals surface area contributed by atoms with Gasteiger partial charge >= 0.3 is 5.97 Å². The molecule has 0 aliphatic carbocycles. The molecule has 8 nitrogen and oxygen atoms in total. The van der Waals surface area contributed by atoms with E-state index in [4.69, 9.17) is 9.47 Å². The van der Waals surface area contributed by atoms with E-state index in [2.05, 4.69) is 21.6 Å². The van der Waals surface area contributed by atoms with E-state index in [1.807, 2.05) is 44.4 Å². The zero-order valence-electron chi connectivity index (χ0n) is 20.1. The molecular formula is C24H30N4O4S2. The SMILES string of the molecule is CCOC(=O)c1cc(CC)sc1NC(=O)CSc1nnc(COc2cc(C)cc(C)c2)n1CC. The molecule has 1 N–H and O–H groups in total. The van der Waals surface area contributed by atoms with Gasteiger partial charge in [-0.3, -0.25) is 4.79 Å². The van der Waals surface area contributed by atoms with Crippen molar-refractivity contribution in [1.82, 2.24) is 14.8 Å². The number of thioether (sulfide) groups is 1. The zero-order chi connectivity index (χ0) is 24.7. The molecular weight excluding hydrogens is 472 g/mol. The van der Waals surface area contributed by atoms with Crippen LogP contribution in [0.25, 0.3) is 0 Å². The van der Waals surface area contributed by atoms with E-state index in [0.717, 1.165) is 28.2 Å². The summed E-state index contributed by atoms with van der Waals surface area (Å²) in [7, 11) is 0. The highest BCUT2D eigenvalue weighted by atomic mass is 32.2. The quantitative estimate of drug-likeness (QED) is 0.290. The number of benzene rings is 1. The van der Waals surface area contributed by atoms with Gasteiger partial charge in [0.15, 0.2) is 11.0 Å². The number of carbonyl (C=O) groups is 2. The average Bonchev–Trinajstić information content (AvgIpc) is 3.39. The van der Waals surface area contributed by atoms with Gasteiger partial charge in [-0.1, -0.05) is 24.8 Å². The molecule has 0 radical (unpaired) electrons. The van der Waals surface area contributed by atoms with Crippen molar-refractivity contribution in [3.8, 4) is 5.75 Å². The summed E-state index contributed by atoms with van der Waals surface area (Å²) in [6.07, 6.45) is 0.772. The minimum Gasteiger partial charge on any atom is -0.486 e. The predicted molar refractivity (Wildman–Crippen MR) is 135 cm³/mol. The van der Waals surface area contributed by atoms with Crippen LogP contribution in [0.1, 0.15) is 53.0 Å². The Morgan fingerprint density at radius 1 is 1.09 bits per heavy atom. The molecule has 0 aliphatic rings. The Labute approximate surface area is 208 Å². The van der Waals surface area contributed by atoms with Crippen LogP contribution in [-0.2, 0) is 29.1 Å². The van der Waals surface area contributed by atoms with E-state index in [-0.39, 0.29) is 24.9 Å². The Bertz CT molecular complexity index is 1140. The fraction of sp³-hybridized carbons (Fsp3) is 0.417. The van der Waals surface area contributed by atoms with Crippen LogP contribution in [-0.4, -0.2) is 39.0 Å². The molecule has 1 amide bonds. The van der Waals surface area contributed by atoms with Gasteiger partial charge in [-0.25, -0.2) is 4.79 Å². The monoisotopic (exact) mass is 502 g/mol. The van der Waals surface area contributed by atoms with Crippen molar-refractivity contribution >= 4 is 40.0 Å². The van der Waals surface area contributed by atoms with E-state index < -0.39 is 5.97 Å². The number of amides is 1. The first kappa shape index (κ1) is 25.8. The van der Waals surface area contributed by atoms with Crippen LogP contribution in [0.15, 0.2) is 29.4 Å². The molecule has 0 saturated carbocycles. The van der Waals surface area contributed by atoms with Crippen molar-refractivity contribution in [3.63, 3.8) is 0 Å². The van der Waals surface area contributed by atoms with E-state index >= 15 is 0 Å². The highest BCUT2D eigenvalue weighted by molar-refractivity contribution is 7.99. The summed E-state index contributed by atoms with van der Waals surface area (Å²) < 4.78 is 13.0. The minimum atomic E-state index is -0.430. The van der Waals surface area contributed by atoms with Crippen molar-refractivity contribution in [2.24, 2.45) is 0 Å². The average molecular weight is 503 g/mol. The number of thiophene rings is 1. The maximum atomic E-state index is 12.6. The highest BCUT2D eigenvalue weighted by Crippen LogP contribution is 2.30. The summed E-state index contributed by atoms with van der Waals surface area (Å²) in [6.45, 7) is 11.0. The second kappa shape index (κ2) is 12.0. The number of anilines is 1. The Balaban J connectivity index is 1.62. The van der Waals surface area contributed by atoms with Gasteiger partial charge in [0, 0.05) is 11.4 Å². The molecule has 3 aromatic rings. The molecule has 182 valence electrons. The van der Waals surface area contributed by atoms with Gasteiger partial charge in [-0.2, -0.15) is 0 Å². The van der Waals surface area contributed by atoms with Crippen molar-refractivity contribution in [3.05, 3.63) is 51.7 Å². The summed E-state index contributed by atoms with van der Waals surface area (Å²) in [5.74, 6) is 0.966. The van der Waals surface area contributed by atoms with Crippen LogP contribution in [0.4, 0.5) is 5.00 Å². The molecule has 0 fully saturated rings. The van der Waals surface area contributed by atoms with Gasteiger partial charge in [0.25, 0.3) is 0 Å². The first-order valence-electron chi connectivity index (χ1n) is 11.2. The molecule has 2 aromatic heterocycles. The highest BCUT2D eigenvalue weighted by Gasteiger charge is 2.20. The summed E-state index contributed by atoms with van der Waals surface area (Å²) >= 11 is 2.68. The van der Waals surface area contributed by atoms with E-state index in [9.17, 15) is 9.59 Å². The number of esters is 1. The standard InChI is InChI=1S/C24H30N4O4S2/c1-6-18-12-19(23(30)31-8-3)22(34-18)25-21(29)14-33-24-27-26-20(28(24)7-2)13-32-17-10-15(4)9-16(5)11-17/h9-12H,6-8,13-14H2,1-5H3,(H,25,29). The molecule has 0 atom stereocenters. The molecule has 34 heavy (non-hydrogen) atoms. The normalized spacial score (nSPS) is 10.9. The number of ether oxygens (including phenoxy) is 2. The molecule has 10 heteroatoms. The lowest BCUT2D eigenvalue weighted by Crippen LogP contribution is -2.16. The van der Waals surface area contributed by atoms with Crippen LogP contribution in [0.2, 0.25) is 0 Å². The van der Waals surface area contributed by atoms with E-state index in [0.29, 0.717) is 28.1 Å². The summed E-state index contributed by atoms with van der Waals surface area (Å²) in [5, 5.41) is 12.5. The number of hydrogen-bond acceptors (Lipinski definition) is 8. The molecule has 0 aliphatic heterocycles. The van der Waals surface area contributed by atoms with Crippen LogP contribution in [0.3, 0.4) is 0 Å². The van der Waals surface area contributed by atoms with E-state index in [1.165, 1.54) is 23.1 Å². The molecule has 2 heterocycles. The third-order valence-electron chi connectivity index (χ3n) is 4.89. The molecule has 0 unspecified atom stereocenters. The molecule has 0 saturated heterocycles. The molecule has 0 spiro atoms. The topological polar surface area (TPSA) is 95.3 Å². The smallest absolute Gasteiger partial charge is 0.341 e. The van der Waals surface area contributed by atoms with Crippen molar-refractivity contribution in [2.75, 3.05) is 17.7 Å². The number of rotatable bonds is 11. The number of nitrogens with zero attached hydrogens (tertiary/aromatic N) is 3. The Kier molecular flexibility index (Phi) is 9.12. The van der Waals surface area contributed by atoms with Gasteiger partial charge in [0.2, 0.25) is 5.91 Å². The Morgan fingerprint density at radius 2 is 1.82 bits per heavy atom. The minimum absolute atomic E-state index is 0.137. The fourth-order valence-electron chi connectivity index (χ4n) is 3.38. The zero-order valence-corrected chi connectivity index (χ0v) is 21.8. The van der Waals surface area contributed by atoms with Gasteiger partial charge in [-0.05, 0) is 63.4 Å². The number of carbonyl (C=O) groups excluding carboxylic acids is 2. The lowest BCUT2D eigenvalue weighted by Gasteiger charge is -2.10. The van der Waals surface area contributed by atoms with Gasteiger partial charge in [-0.15, -0.1) is 21.5 Å². The Hall–Kier alpha value is -2.85. The fourth-order valence-corrected chi connectivity index (χ4v) is 5.20. The molecule has 0 bridgehead atoms. The van der Waals surface area contributed by atoms with Gasteiger partial charge < -0.3 is 19.4 Å². The first-order valence-corrected chi connectivity index (χ1v) is 13.0. The third kappa shape index (κ3) is 6.60. The van der Waals surface area contributed by atoms with Gasteiger partial charge in [0.1, 0.15) is 17.4 Å². The number of aryl methyl sites for hydroxylation is 3. The summed E-state index contributed by atoms with van der Waals surface area (Å²) in [6, 6.07) is 7.84. The number of nitrogens with one attached hydrogen (secondary N) is 1. The lowest BCUT2D eigenvalue weighted by molar-refractivity contribution is -0.113. The third-order valence-corrected chi connectivity index (χ3v) is 7.05. The Morgan fingerprint density at radius 3 is 2.47 bits per heavy atom. The second-order valence-corrected chi connectivity index (χ2v) is 9.70. The summed E-state index contributed by atoms with van der Waals surface area (Å²) in [5.41, 5.74) is 2.67. The first-order chi connectivity index (χ1) is 16.3. The van der Waals surface area contributed by atoms with Crippen molar-refractivity contribution < 1.29 is 19.1 Å². The number of aromatic nitrogens is 3. The molecule has 1 aromatic carbocycles. The van der Waals surface area contributed by atoms with Crippen molar-refractivity contribution in [2.45, 2.75) is 59.3 Å². The van der Waals surface area contributed by atoms with Crippen LogP contribution < -0.4 is 10.1 Å². The lowest BCUT2D eigenvalue weighted by atomic mass is 10.1.